The Morgan fingerprint density at radius 2 is 2.14 bits per heavy atom. The van der Waals surface area contributed by atoms with Crippen molar-refractivity contribution in [2.75, 3.05) is 32.8 Å². The number of halogens is 1. The molecule has 0 aliphatic carbocycles. The summed E-state index contributed by atoms with van der Waals surface area (Å²) < 4.78 is 6.19. The maximum Gasteiger partial charge on any atom is 0.251 e. The molecule has 0 spiro atoms. The zero-order valence-corrected chi connectivity index (χ0v) is 13.1. The Morgan fingerprint density at radius 1 is 1.33 bits per heavy atom. The van der Waals surface area contributed by atoms with Gasteiger partial charge in [-0.3, -0.25) is 9.59 Å². The predicted octanol–water partition coefficient (Wildman–Crippen LogP) is 0.284. The zero-order valence-electron chi connectivity index (χ0n) is 11.5. The molecule has 0 radical (unpaired) electrons. The lowest BCUT2D eigenvalue weighted by Gasteiger charge is -2.22. The highest BCUT2D eigenvalue weighted by Gasteiger charge is 2.20. The Bertz CT molecular complexity index is 504. The van der Waals surface area contributed by atoms with E-state index in [9.17, 15) is 9.59 Å². The fraction of sp³-hybridized carbons (Fsp3) is 0.429. The fourth-order valence-electron chi connectivity index (χ4n) is 1.94. The van der Waals surface area contributed by atoms with Gasteiger partial charge in [0.25, 0.3) is 11.8 Å². The quantitative estimate of drug-likeness (QED) is 0.663. The zero-order chi connectivity index (χ0) is 15.1. The molecule has 6 nitrogen and oxygen atoms in total. The van der Waals surface area contributed by atoms with Crippen molar-refractivity contribution in [1.82, 2.24) is 16.0 Å². The van der Waals surface area contributed by atoms with Gasteiger partial charge >= 0.3 is 0 Å². The van der Waals surface area contributed by atoms with Crippen molar-refractivity contribution in [2.24, 2.45) is 0 Å². The van der Waals surface area contributed by atoms with E-state index in [-0.39, 0.29) is 11.8 Å². The van der Waals surface area contributed by atoms with E-state index in [0.717, 1.165) is 11.0 Å². The highest BCUT2D eigenvalue weighted by molar-refractivity contribution is 9.10. The van der Waals surface area contributed by atoms with Crippen molar-refractivity contribution in [1.29, 1.82) is 0 Å². The van der Waals surface area contributed by atoms with Crippen molar-refractivity contribution >= 4 is 27.7 Å². The van der Waals surface area contributed by atoms with Crippen LogP contribution in [0.5, 0.6) is 0 Å². The first-order valence-corrected chi connectivity index (χ1v) is 7.60. The van der Waals surface area contributed by atoms with Crippen molar-refractivity contribution in [3.05, 3.63) is 34.3 Å². The molecular weight excluding hydrogens is 338 g/mol. The van der Waals surface area contributed by atoms with Gasteiger partial charge in [-0.2, -0.15) is 0 Å². The Labute approximate surface area is 131 Å². The standard InChI is InChI=1S/C14H18BrN3O3/c15-11-3-1-2-10(8-11)13(19)17-4-5-18-14(20)12-9-16-6-7-21-12/h1-3,8,12,16H,4-7,9H2,(H,17,19)(H,18,20). The molecule has 1 aliphatic heterocycles. The van der Waals surface area contributed by atoms with Crippen LogP contribution in [0, 0.1) is 0 Å². The van der Waals surface area contributed by atoms with Gasteiger partial charge in [0.05, 0.1) is 6.61 Å². The highest BCUT2D eigenvalue weighted by Crippen LogP contribution is 2.11. The SMILES string of the molecule is O=C(NCCNC(=O)C1CNCCO1)c1cccc(Br)c1. The summed E-state index contributed by atoms with van der Waals surface area (Å²) in [6.45, 7) is 2.58. The van der Waals surface area contributed by atoms with Gasteiger partial charge in [0, 0.05) is 36.2 Å². The Kier molecular flexibility index (Phi) is 6.16. The number of benzene rings is 1. The monoisotopic (exact) mass is 355 g/mol. The normalized spacial score (nSPS) is 18.0. The molecule has 0 aromatic heterocycles. The lowest BCUT2D eigenvalue weighted by Crippen LogP contribution is -2.49. The molecule has 1 aromatic carbocycles. The van der Waals surface area contributed by atoms with Crippen LogP contribution in [0.25, 0.3) is 0 Å². The molecule has 0 bridgehead atoms. The van der Waals surface area contributed by atoms with Crippen LogP contribution in [-0.2, 0) is 9.53 Å². The summed E-state index contributed by atoms with van der Waals surface area (Å²) in [6, 6.07) is 7.14. The number of hydrogen-bond donors (Lipinski definition) is 3. The Hall–Kier alpha value is -1.44. The minimum Gasteiger partial charge on any atom is -0.366 e. The molecule has 1 heterocycles. The van der Waals surface area contributed by atoms with E-state index in [2.05, 4.69) is 31.9 Å². The topological polar surface area (TPSA) is 79.5 Å². The first-order chi connectivity index (χ1) is 10.2. The molecule has 1 aliphatic rings. The summed E-state index contributed by atoms with van der Waals surface area (Å²) in [5.41, 5.74) is 0.579. The number of hydrogen-bond acceptors (Lipinski definition) is 4. The van der Waals surface area contributed by atoms with E-state index in [0.29, 0.717) is 31.8 Å². The molecule has 1 atom stereocenters. The molecule has 1 aromatic rings. The van der Waals surface area contributed by atoms with Crippen LogP contribution in [-0.4, -0.2) is 50.7 Å². The number of morpholine rings is 1. The summed E-state index contributed by atoms with van der Waals surface area (Å²) in [6.07, 6.45) is -0.445. The van der Waals surface area contributed by atoms with Crippen LogP contribution in [0.1, 0.15) is 10.4 Å². The summed E-state index contributed by atoms with van der Waals surface area (Å²) in [5, 5.41) is 8.59. The average molecular weight is 356 g/mol. The largest absolute Gasteiger partial charge is 0.366 e. The van der Waals surface area contributed by atoms with Gasteiger partial charge in [-0.15, -0.1) is 0 Å². The van der Waals surface area contributed by atoms with E-state index in [1.165, 1.54) is 0 Å². The van der Waals surface area contributed by atoms with E-state index in [1.807, 2.05) is 6.07 Å². The second-order valence-corrected chi connectivity index (χ2v) is 5.54. The maximum absolute atomic E-state index is 11.9. The molecule has 3 N–H and O–H groups in total. The molecule has 21 heavy (non-hydrogen) atoms. The number of rotatable bonds is 5. The minimum atomic E-state index is -0.445. The van der Waals surface area contributed by atoms with Crippen molar-refractivity contribution < 1.29 is 14.3 Å². The van der Waals surface area contributed by atoms with E-state index in [1.54, 1.807) is 18.2 Å². The van der Waals surface area contributed by atoms with Crippen LogP contribution in [0.4, 0.5) is 0 Å². The number of ether oxygens (including phenoxy) is 1. The van der Waals surface area contributed by atoms with Crippen LogP contribution in [0.3, 0.4) is 0 Å². The molecule has 1 unspecified atom stereocenters. The molecule has 7 heteroatoms. The Balaban J connectivity index is 1.67. The number of nitrogens with one attached hydrogen (secondary N) is 3. The first-order valence-electron chi connectivity index (χ1n) is 6.80. The van der Waals surface area contributed by atoms with Gasteiger partial charge in [0.15, 0.2) is 0 Å². The predicted molar refractivity (Wildman–Crippen MR) is 82.1 cm³/mol. The smallest absolute Gasteiger partial charge is 0.251 e. The summed E-state index contributed by atoms with van der Waals surface area (Å²) >= 11 is 3.32. The molecule has 0 saturated carbocycles. The average Bonchev–Trinajstić information content (AvgIpc) is 2.52. The van der Waals surface area contributed by atoms with E-state index < -0.39 is 6.10 Å². The van der Waals surface area contributed by atoms with Gasteiger partial charge in [0.2, 0.25) is 0 Å². The third kappa shape index (κ3) is 5.11. The lowest BCUT2D eigenvalue weighted by molar-refractivity contribution is -0.134. The lowest BCUT2D eigenvalue weighted by atomic mass is 10.2. The van der Waals surface area contributed by atoms with Crippen molar-refractivity contribution in [3.8, 4) is 0 Å². The van der Waals surface area contributed by atoms with E-state index >= 15 is 0 Å². The van der Waals surface area contributed by atoms with Crippen molar-refractivity contribution in [3.63, 3.8) is 0 Å². The number of carbonyl (C=O) groups is 2. The summed E-state index contributed by atoms with van der Waals surface area (Å²) in [7, 11) is 0. The van der Waals surface area contributed by atoms with Crippen LogP contribution >= 0.6 is 15.9 Å². The second-order valence-electron chi connectivity index (χ2n) is 4.62. The summed E-state index contributed by atoms with van der Waals surface area (Å²) in [4.78, 5) is 23.6. The minimum absolute atomic E-state index is 0.154. The number of amides is 2. The third-order valence-corrected chi connectivity index (χ3v) is 3.51. The van der Waals surface area contributed by atoms with Gasteiger partial charge in [-0.05, 0) is 18.2 Å². The third-order valence-electron chi connectivity index (χ3n) is 3.02. The Morgan fingerprint density at radius 3 is 2.86 bits per heavy atom. The molecular formula is C14H18BrN3O3. The molecule has 1 saturated heterocycles. The fourth-order valence-corrected chi connectivity index (χ4v) is 2.34. The van der Waals surface area contributed by atoms with Gasteiger partial charge in [0.1, 0.15) is 6.10 Å². The van der Waals surface area contributed by atoms with Crippen LogP contribution in [0.15, 0.2) is 28.7 Å². The highest BCUT2D eigenvalue weighted by atomic mass is 79.9. The second kappa shape index (κ2) is 8.11. The molecule has 2 amide bonds. The van der Waals surface area contributed by atoms with E-state index in [4.69, 9.17) is 4.74 Å². The number of carbonyl (C=O) groups excluding carboxylic acids is 2. The van der Waals surface area contributed by atoms with Crippen molar-refractivity contribution in [2.45, 2.75) is 6.10 Å². The van der Waals surface area contributed by atoms with Gasteiger partial charge < -0.3 is 20.7 Å². The van der Waals surface area contributed by atoms with Crippen LogP contribution < -0.4 is 16.0 Å². The van der Waals surface area contributed by atoms with Gasteiger partial charge in [-0.1, -0.05) is 22.0 Å². The first kappa shape index (κ1) is 15.9. The van der Waals surface area contributed by atoms with Crippen LogP contribution in [0.2, 0.25) is 0 Å². The molecule has 1 fully saturated rings. The molecule has 2 rings (SSSR count). The summed E-state index contributed by atoms with van der Waals surface area (Å²) in [5.74, 6) is -0.319. The maximum atomic E-state index is 11.9. The van der Waals surface area contributed by atoms with Gasteiger partial charge in [-0.25, -0.2) is 0 Å². The molecule has 114 valence electrons.